The number of carbonyl (C=O) groups is 1. The molecule has 5 nitrogen and oxygen atoms in total. The lowest BCUT2D eigenvalue weighted by Crippen LogP contribution is -2.15. The first-order valence-electron chi connectivity index (χ1n) is 5.79. The van der Waals surface area contributed by atoms with Crippen molar-refractivity contribution in [2.45, 2.75) is 13.8 Å². The molecular formula is C14H12ClNO4. The molecule has 0 saturated carbocycles. The third-order valence-corrected chi connectivity index (χ3v) is 2.86. The molecule has 6 heteroatoms. The van der Waals surface area contributed by atoms with Gasteiger partial charge in [-0.2, -0.15) is 0 Å². The van der Waals surface area contributed by atoms with Crippen molar-refractivity contribution in [3.05, 3.63) is 50.8 Å². The Morgan fingerprint density at radius 2 is 2.05 bits per heavy atom. The number of carbonyl (C=O) groups excluding carboxylic acids is 1. The Balaban J connectivity index is 2.56. The highest BCUT2D eigenvalue weighted by molar-refractivity contribution is 6.31. The van der Waals surface area contributed by atoms with E-state index in [2.05, 4.69) is 5.32 Å². The van der Waals surface area contributed by atoms with E-state index in [0.29, 0.717) is 10.8 Å². The smallest absolute Gasteiger partial charge is 0.212 e. The Hall–Kier alpha value is -2.27. The van der Waals surface area contributed by atoms with Gasteiger partial charge in [0.15, 0.2) is 11.2 Å². The van der Waals surface area contributed by atoms with Crippen molar-refractivity contribution in [2.75, 3.05) is 5.32 Å². The second kappa shape index (κ2) is 5.38. The Bertz CT molecular complexity index is 736. The molecule has 1 aromatic carbocycles. The van der Waals surface area contributed by atoms with Gasteiger partial charge in [-0.3, -0.25) is 9.59 Å². The quantitative estimate of drug-likeness (QED) is 0.671. The number of aryl methyl sites for hydroxylation is 1. The fourth-order valence-corrected chi connectivity index (χ4v) is 1.93. The van der Waals surface area contributed by atoms with Crippen molar-refractivity contribution in [1.29, 1.82) is 0 Å². The lowest BCUT2D eigenvalue weighted by atomic mass is 10.1. The van der Waals surface area contributed by atoms with E-state index in [9.17, 15) is 14.7 Å². The molecule has 0 atom stereocenters. The lowest BCUT2D eigenvalue weighted by molar-refractivity contribution is 0.101. The summed E-state index contributed by atoms with van der Waals surface area (Å²) in [6.07, 6.45) is 0. The standard InChI is InChI=1S/C14H12ClNO4/c1-7-5-12(19)13(8(2)17)14(20-7)16-10-6-9(15)3-4-11(10)18/h3-6,16,18H,1-2H3. The number of rotatable bonds is 3. The van der Waals surface area contributed by atoms with Crippen LogP contribution in [0.25, 0.3) is 0 Å². The molecule has 0 saturated heterocycles. The number of halogens is 1. The van der Waals surface area contributed by atoms with E-state index in [1.165, 1.54) is 31.2 Å². The number of aromatic hydroxyl groups is 1. The number of benzene rings is 1. The summed E-state index contributed by atoms with van der Waals surface area (Å²) in [5.41, 5.74) is -0.297. The summed E-state index contributed by atoms with van der Waals surface area (Å²) in [5.74, 6) is -0.167. The summed E-state index contributed by atoms with van der Waals surface area (Å²) in [4.78, 5) is 23.4. The maximum absolute atomic E-state index is 11.8. The highest BCUT2D eigenvalue weighted by Gasteiger charge is 2.16. The molecule has 0 unspecified atom stereocenters. The number of anilines is 2. The first-order chi connectivity index (χ1) is 9.38. The Kier molecular flexibility index (Phi) is 3.81. The van der Waals surface area contributed by atoms with E-state index in [4.69, 9.17) is 16.0 Å². The number of hydrogen-bond donors (Lipinski definition) is 2. The molecule has 104 valence electrons. The highest BCUT2D eigenvalue weighted by atomic mass is 35.5. The maximum Gasteiger partial charge on any atom is 0.212 e. The van der Waals surface area contributed by atoms with Gasteiger partial charge in [0.1, 0.15) is 17.1 Å². The fourth-order valence-electron chi connectivity index (χ4n) is 1.76. The molecule has 20 heavy (non-hydrogen) atoms. The van der Waals surface area contributed by atoms with E-state index >= 15 is 0 Å². The summed E-state index contributed by atoms with van der Waals surface area (Å²) in [6.45, 7) is 2.86. The maximum atomic E-state index is 11.8. The highest BCUT2D eigenvalue weighted by Crippen LogP contribution is 2.30. The van der Waals surface area contributed by atoms with Crippen molar-refractivity contribution < 1.29 is 14.3 Å². The second-order valence-corrected chi connectivity index (χ2v) is 4.70. The number of phenolic OH excluding ortho intramolecular Hbond substituents is 1. The number of nitrogens with one attached hydrogen (secondary N) is 1. The summed E-state index contributed by atoms with van der Waals surface area (Å²) >= 11 is 5.84. The van der Waals surface area contributed by atoms with Gasteiger partial charge >= 0.3 is 0 Å². The molecule has 0 amide bonds. The third kappa shape index (κ3) is 2.83. The molecule has 0 spiro atoms. The van der Waals surface area contributed by atoms with Crippen molar-refractivity contribution >= 4 is 29.0 Å². The van der Waals surface area contributed by atoms with Crippen LogP contribution in [0.1, 0.15) is 23.0 Å². The monoisotopic (exact) mass is 293 g/mol. The molecule has 2 N–H and O–H groups in total. The molecule has 2 aromatic rings. The van der Waals surface area contributed by atoms with Crippen LogP contribution >= 0.6 is 11.6 Å². The molecule has 0 aliphatic rings. The van der Waals surface area contributed by atoms with Crippen LogP contribution in [0.2, 0.25) is 5.02 Å². The molecule has 0 aliphatic heterocycles. The first-order valence-corrected chi connectivity index (χ1v) is 6.17. The number of phenols is 1. The van der Waals surface area contributed by atoms with Gasteiger partial charge in [0.2, 0.25) is 5.88 Å². The van der Waals surface area contributed by atoms with Crippen molar-refractivity contribution in [3.63, 3.8) is 0 Å². The average Bonchev–Trinajstić information content (AvgIpc) is 2.32. The predicted molar refractivity (Wildman–Crippen MR) is 76.1 cm³/mol. The van der Waals surface area contributed by atoms with Crippen LogP contribution in [0.5, 0.6) is 5.75 Å². The van der Waals surface area contributed by atoms with E-state index in [0.717, 1.165) is 0 Å². The van der Waals surface area contributed by atoms with Gasteiger partial charge in [-0.25, -0.2) is 0 Å². The molecule has 0 bridgehead atoms. The van der Waals surface area contributed by atoms with Crippen LogP contribution in [-0.4, -0.2) is 10.9 Å². The van der Waals surface area contributed by atoms with Gasteiger partial charge < -0.3 is 14.8 Å². The van der Waals surface area contributed by atoms with Crippen LogP contribution in [0.4, 0.5) is 11.6 Å². The van der Waals surface area contributed by atoms with Crippen molar-refractivity contribution in [1.82, 2.24) is 0 Å². The molecule has 1 aromatic heterocycles. The number of Topliss-reactive ketones (excluding diaryl/α,β-unsaturated/α-hetero) is 1. The summed E-state index contributed by atoms with van der Waals surface area (Å²) < 4.78 is 5.36. The topological polar surface area (TPSA) is 79.5 Å². The van der Waals surface area contributed by atoms with Gasteiger partial charge in [0.05, 0.1) is 5.69 Å². The van der Waals surface area contributed by atoms with E-state index in [1.54, 1.807) is 6.92 Å². The van der Waals surface area contributed by atoms with Crippen LogP contribution in [0.3, 0.4) is 0 Å². The fraction of sp³-hybridized carbons (Fsp3) is 0.143. The zero-order chi connectivity index (χ0) is 14.9. The van der Waals surface area contributed by atoms with Gasteiger partial charge in [0, 0.05) is 11.1 Å². The zero-order valence-corrected chi connectivity index (χ0v) is 11.6. The third-order valence-electron chi connectivity index (χ3n) is 2.63. The molecule has 1 heterocycles. The van der Waals surface area contributed by atoms with Crippen molar-refractivity contribution in [2.24, 2.45) is 0 Å². The minimum Gasteiger partial charge on any atom is -0.506 e. The van der Waals surface area contributed by atoms with E-state index in [1.807, 2.05) is 0 Å². The first kappa shape index (κ1) is 14.1. The molecule has 2 rings (SSSR count). The minimum atomic E-state index is -0.440. The van der Waals surface area contributed by atoms with Crippen LogP contribution in [-0.2, 0) is 0 Å². The van der Waals surface area contributed by atoms with Crippen LogP contribution in [0, 0.1) is 6.92 Å². The molecule has 0 aliphatic carbocycles. The molecule has 0 radical (unpaired) electrons. The van der Waals surface area contributed by atoms with Crippen LogP contribution < -0.4 is 10.7 Å². The SMILES string of the molecule is CC(=O)c1c(Nc2cc(Cl)ccc2O)oc(C)cc1=O. The van der Waals surface area contributed by atoms with Gasteiger partial charge in [0.25, 0.3) is 0 Å². The Labute approximate surface area is 119 Å². The van der Waals surface area contributed by atoms with Gasteiger partial charge in [-0.1, -0.05) is 11.6 Å². The molecule has 0 fully saturated rings. The lowest BCUT2D eigenvalue weighted by Gasteiger charge is -2.11. The van der Waals surface area contributed by atoms with E-state index in [-0.39, 0.29) is 22.9 Å². The molecular weight excluding hydrogens is 282 g/mol. The minimum absolute atomic E-state index is 0.0138. The largest absolute Gasteiger partial charge is 0.506 e. The average molecular weight is 294 g/mol. The summed E-state index contributed by atoms with van der Waals surface area (Å²) in [6, 6.07) is 5.61. The zero-order valence-electron chi connectivity index (χ0n) is 10.9. The second-order valence-electron chi connectivity index (χ2n) is 4.27. The summed E-state index contributed by atoms with van der Waals surface area (Å²) in [5, 5.41) is 12.9. The van der Waals surface area contributed by atoms with Gasteiger partial charge in [-0.15, -0.1) is 0 Å². The number of hydrogen-bond acceptors (Lipinski definition) is 5. The van der Waals surface area contributed by atoms with Gasteiger partial charge in [-0.05, 0) is 32.0 Å². The number of ketones is 1. The van der Waals surface area contributed by atoms with Crippen molar-refractivity contribution in [3.8, 4) is 5.75 Å². The van der Waals surface area contributed by atoms with E-state index < -0.39 is 11.2 Å². The van der Waals surface area contributed by atoms with Crippen LogP contribution in [0.15, 0.2) is 33.5 Å². The Morgan fingerprint density at radius 1 is 1.35 bits per heavy atom. The normalized spacial score (nSPS) is 10.3. The summed E-state index contributed by atoms with van der Waals surface area (Å²) in [7, 11) is 0. The Morgan fingerprint density at radius 3 is 2.70 bits per heavy atom. The predicted octanol–water partition coefficient (Wildman–Crippen LogP) is 3.25.